The number of rotatable bonds is 4. The number of anilines is 1. The molecule has 0 fully saturated rings. The first-order valence-electron chi connectivity index (χ1n) is 6.45. The van der Waals surface area contributed by atoms with E-state index < -0.39 is 11.7 Å². The number of phenolic OH excluding ortho intramolecular Hbond substituents is 1. The zero-order chi connectivity index (χ0) is 16.0. The first kappa shape index (κ1) is 16.8. The van der Waals surface area contributed by atoms with Gasteiger partial charge in [0.2, 0.25) is 0 Å². The Hall–Kier alpha value is -2.21. The van der Waals surface area contributed by atoms with Crippen LogP contribution in [0.2, 0.25) is 0 Å². The van der Waals surface area contributed by atoms with Crippen LogP contribution in [0.15, 0.2) is 18.2 Å². The van der Waals surface area contributed by atoms with Gasteiger partial charge in [-0.15, -0.1) is 0 Å². The van der Waals surface area contributed by atoms with Crippen LogP contribution in [-0.2, 0) is 4.74 Å². The average molecular weight is 295 g/mol. The number of hydrogen-bond acceptors (Lipinski definition) is 5. The van der Waals surface area contributed by atoms with Gasteiger partial charge in [-0.1, -0.05) is 12.2 Å². The Morgan fingerprint density at radius 3 is 2.57 bits per heavy atom. The van der Waals surface area contributed by atoms with Crippen LogP contribution in [0.25, 0.3) is 6.08 Å². The lowest BCUT2D eigenvalue weighted by Gasteiger charge is -2.20. The highest BCUT2D eigenvalue weighted by Gasteiger charge is 2.18. The van der Waals surface area contributed by atoms with Gasteiger partial charge in [0.15, 0.2) is 11.5 Å². The Labute approximate surface area is 124 Å². The molecule has 21 heavy (non-hydrogen) atoms. The summed E-state index contributed by atoms with van der Waals surface area (Å²) in [6, 6.07) is 3.13. The molecule has 0 atom stereocenters. The standard InChI is InChI=1S/C15H21NO5/c1-15(2,3)21-14(19)16-11-8-10(6-5-7-17)9-12(20-4)13(11)18/h5-6,8-9,17-18H,7H2,1-4H3,(H,16,19)/b6-5+. The van der Waals surface area contributed by atoms with Gasteiger partial charge >= 0.3 is 6.09 Å². The van der Waals surface area contributed by atoms with E-state index in [-0.39, 0.29) is 23.8 Å². The van der Waals surface area contributed by atoms with Crippen LogP contribution in [0.1, 0.15) is 26.3 Å². The van der Waals surface area contributed by atoms with Crippen molar-refractivity contribution in [1.29, 1.82) is 0 Å². The summed E-state index contributed by atoms with van der Waals surface area (Å²) in [6.45, 7) is 5.12. The van der Waals surface area contributed by atoms with Crippen LogP contribution >= 0.6 is 0 Å². The summed E-state index contributed by atoms with van der Waals surface area (Å²) < 4.78 is 10.2. The molecule has 0 unspecified atom stereocenters. The predicted octanol–water partition coefficient (Wildman–Crippen LogP) is 2.75. The Kier molecular flexibility index (Phi) is 5.60. The minimum absolute atomic E-state index is 0.113. The van der Waals surface area contributed by atoms with E-state index in [1.807, 2.05) is 0 Å². The zero-order valence-corrected chi connectivity index (χ0v) is 12.6. The van der Waals surface area contributed by atoms with Crippen LogP contribution in [0, 0.1) is 0 Å². The molecule has 0 heterocycles. The maximum atomic E-state index is 11.8. The van der Waals surface area contributed by atoms with Crippen molar-refractivity contribution in [3.8, 4) is 11.5 Å². The van der Waals surface area contributed by atoms with E-state index >= 15 is 0 Å². The molecule has 1 aromatic carbocycles. The third-order valence-electron chi connectivity index (χ3n) is 2.37. The molecule has 3 N–H and O–H groups in total. The summed E-state index contributed by atoms with van der Waals surface area (Å²) in [5.74, 6) is 0.0191. The maximum absolute atomic E-state index is 11.8. The fraction of sp³-hybridized carbons (Fsp3) is 0.400. The molecule has 0 saturated heterocycles. The molecular weight excluding hydrogens is 274 g/mol. The van der Waals surface area contributed by atoms with Crippen molar-refractivity contribution >= 4 is 17.9 Å². The van der Waals surface area contributed by atoms with Crippen LogP contribution in [0.5, 0.6) is 11.5 Å². The van der Waals surface area contributed by atoms with Crippen molar-refractivity contribution < 1.29 is 24.5 Å². The number of benzene rings is 1. The molecule has 0 bridgehead atoms. The minimum atomic E-state index is -0.678. The van der Waals surface area contributed by atoms with Gasteiger partial charge in [-0.2, -0.15) is 0 Å². The number of aliphatic hydroxyl groups excluding tert-OH is 1. The summed E-state index contributed by atoms with van der Waals surface area (Å²) >= 11 is 0. The van der Waals surface area contributed by atoms with Gasteiger partial charge in [-0.05, 0) is 38.5 Å². The number of methoxy groups -OCH3 is 1. The lowest BCUT2D eigenvalue weighted by molar-refractivity contribution is 0.0635. The largest absolute Gasteiger partial charge is 0.503 e. The Bertz CT molecular complexity index is 532. The average Bonchev–Trinajstić information content (AvgIpc) is 2.37. The van der Waals surface area contributed by atoms with E-state index in [1.165, 1.54) is 13.2 Å². The number of carbonyl (C=O) groups excluding carboxylic acids is 1. The molecule has 1 amide bonds. The number of amides is 1. The number of aromatic hydroxyl groups is 1. The molecule has 0 saturated carbocycles. The monoisotopic (exact) mass is 295 g/mol. The Morgan fingerprint density at radius 2 is 2.05 bits per heavy atom. The van der Waals surface area contributed by atoms with E-state index in [9.17, 15) is 9.90 Å². The SMILES string of the molecule is COc1cc(/C=C/CO)cc(NC(=O)OC(C)(C)C)c1O. The Morgan fingerprint density at radius 1 is 1.38 bits per heavy atom. The highest BCUT2D eigenvalue weighted by Crippen LogP contribution is 2.36. The van der Waals surface area contributed by atoms with Crippen molar-refractivity contribution in [3.05, 3.63) is 23.8 Å². The van der Waals surface area contributed by atoms with Crippen molar-refractivity contribution in [1.82, 2.24) is 0 Å². The van der Waals surface area contributed by atoms with E-state index in [2.05, 4.69) is 5.32 Å². The number of phenols is 1. The second kappa shape index (κ2) is 6.99. The molecule has 6 heteroatoms. The molecule has 6 nitrogen and oxygen atoms in total. The van der Waals surface area contributed by atoms with E-state index in [0.717, 1.165) is 0 Å². The van der Waals surface area contributed by atoms with Gasteiger partial charge in [0, 0.05) is 0 Å². The second-order valence-corrected chi connectivity index (χ2v) is 5.33. The molecule has 0 aliphatic rings. The first-order valence-corrected chi connectivity index (χ1v) is 6.45. The van der Waals surface area contributed by atoms with Gasteiger partial charge in [0.05, 0.1) is 19.4 Å². The third-order valence-corrected chi connectivity index (χ3v) is 2.37. The van der Waals surface area contributed by atoms with E-state index in [0.29, 0.717) is 5.56 Å². The molecule has 1 rings (SSSR count). The van der Waals surface area contributed by atoms with Crippen LogP contribution in [-0.4, -0.2) is 35.6 Å². The highest BCUT2D eigenvalue weighted by atomic mass is 16.6. The summed E-state index contributed by atoms with van der Waals surface area (Å²) in [5.41, 5.74) is 0.184. The maximum Gasteiger partial charge on any atom is 0.412 e. The Balaban J connectivity index is 3.04. The van der Waals surface area contributed by atoms with Crippen LogP contribution < -0.4 is 10.1 Å². The molecule has 0 spiro atoms. The smallest absolute Gasteiger partial charge is 0.412 e. The topological polar surface area (TPSA) is 88.0 Å². The zero-order valence-electron chi connectivity index (χ0n) is 12.6. The van der Waals surface area contributed by atoms with Gasteiger partial charge in [0.1, 0.15) is 5.60 Å². The van der Waals surface area contributed by atoms with Crippen LogP contribution in [0.4, 0.5) is 10.5 Å². The molecule has 0 aromatic heterocycles. The van der Waals surface area contributed by atoms with Gasteiger partial charge in [-0.25, -0.2) is 4.79 Å². The number of hydrogen-bond donors (Lipinski definition) is 3. The van der Waals surface area contributed by atoms with Crippen molar-refractivity contribution in [2.24, 2.45) is 0 Å². The quantitative estimate of drug-likeness (QED) is 0.743. The van der Waals surface area contributed by atoms with E-state index in [4.69, 9.17) is 14.6 Å². The van der Waals surface area contributed by atoms with Gasteiger partial charge in [0.25, 0.3) is 0 Å². The first-order chi connectivity index (χ1) is 9.76. The second-order valence-electron chi connectivity index (χ2n) is 5.33. The molecule has 0 radical (unpaired) electrons. The highest BCUT2D eigenvalue weighted by molar-refractivity contribution is 5.88. The normalized spacial score (nSPS) is 11.5. The number of nitrogens with one attached hydrogen (secondary N) is 1. The van der Waals surface area contributed by atoms with Crippen molar-refractivity contribution in [2.45, 2.75) is 26.4 Å². The molecular formula is C15H21NO5. The van der Waals surface area contributed by atoms with Crippen molar-refractivity contribution in [3.63, 3.8) is 0 Å². The summed E-state index contributed by atoms with van der Waals surface area (Å²) in [6.07, 6.45) is 2.49. The van der Waals surface area contributed by atoms with E-state index in [1.54, 1.807) is 39.0 Å². The lowest BCUT2D eigenvalue weighted by Crippen LogP contribution is -2.27. The predicted molar refractivity (Wildman–Crippen MR) is 80.6 cm³/mol. The minimum Gasteiger partial charge on any atom is -0.503 e. The summed E-state index contributed by atoms with van der Waals surface area (Å²) in [7, 11) is 1.41. The summed E-state index contributed by atoms with van der Waals surface area (Å²) in [4.78, 5) is 11.8. The molecule has 0 aliphatic carbocycles. The lowest BCUT2D eigenvalue weighted by atomic mass is 10.1. The summed E-state index contributed by atoms with van der Waals surface area (Å²) in [5, 5.41) is 21.3. The molecule has 1 aromatic rings. The number of carbonyl (C=O) groups is 1. The molecule has 116 valence electrons. The van der Waals surface area contributed by atoms with Crippen molar-refractivity contribution in [2.75, 3.05) is 19.0 Å². The number of ether oxygens (including phenoxy) is 2. The van der Waals surface area contributed by atoms with Gasteiger partial charge < -0.3 is 19.7 Å². The molecule has 0 aliphatic heterocycles. The fourth-order valence-electron chi connectivity index (χ4n) is 1.58. The van der Waals surface area contributed by atoms with Crippen LogP contribution in [0.3, 0.4) is 0 Å². The fourth-order valence-corrected chi connectivity index (χ4v) is 1.58. The number of aliphatic hydroxyl groups is 1. The van der Waals surface area contributed by atoms with Gasteiger partial charge in [-0.3, -0.25) is 5.32 Å². The third kappa shape index (κ3) is 5.35.